The molecule has 0 aliphatic carbocycles. The molecule has 10 nitrogen and oxygen atoms in total. The number of hydrogen-bond acceptors (Lipinski definition) is 8. The molecule has 12 heteroatoms. The van der Waals surface area contributed by atoms with E-state index in [2.05, 4.69) is 25.7 Å². The quantitative estimate of drug-likeness (QED) is 0.460. The highest BCUT2D eigenvalue weighted by molar-refractivity contribution is 7.20. The van der Waals surface area contributed by atoms with Gasteiger partial charge in [-0.25, -0.2) is 4.98 Å². The molecule has 2 N–H and O–H groups in total. The topological polar surface area (TPSA) is 128 Å². The fourth-order valence-electron chi connectivity index (χ4n) is 3.51. The highest BCUT2D eigenvalue weighted by Gasteiger charge is 2.25. The summed E-state index contributed by atoms with van der Waals surface area (Å²) >= 11 is 7.10. The number of aliphatic hydroxyl groups is 1. The lowest BCUT2D eigenvalue weighted by atomic mass is 10.1. The number of aromatic nitrogens is 6. The number of hydrogen-bond donors (Lipinski definition) is 2. The summed E-state index contributed by atoms with van der Waals surface area (Å²) in [5, 5.41) is 26.4. The van der Waals surface area contributed by atoms with Gasteiger partial charge in [0, 0.05) is 11.6 Å². The molecule has 0 unspecified atom stereocenters. The third kappa shape index (κ3) is 3.71. The summed E-state index contributed by atoms with van der Waals surface area (Å²) in [7, 11) is 0. The van der Waals surface area contributed by atoms with Crippen LogP contribution in [-0.4, -0.2) is 47.3 Å². The third-order valence-corrected chi connectivity index (χ3v) is 6.43. The van der Waals surface area contributed by atoms with Crippen molar-refractivity contribution in [1.29, 1.82) is 0 Å². The lowest BCUT2D eigenvalue weighted by Gasteiger charge is -2.11. The zero-order chi connectivity index (χ0) is 21.5. The zero-order valence-corrected chi connectivity index (χ0v) is 17.6. The van der Waals surface area contributed by atoms with Crippen molar-refractivity contribution in [2.75, 3.05) is 6.54 Å². The average Bonchev–Trinajstić information content (AvgIpc) is 3.36. The molecule has 0 fully saturated rings. The first kappa shape index (κ1) is 19.8. The molecular weight excluding hydrogens is 442 g/mol. The van der Waals surface area contributed by atoms with E-state index >= 15 is 0 Å². The Kier molecular flexibility index (Phi) is 5.00. The van der Waals surface area contributed by atoms with E-state index < -0.39 is 6.10 Å². The van der Waals surface area contributed by atoms with Crippen LogP contribution in [-0.2, 0) is 19.5 Å². The van der Waals surface area contributed by atoms with E-state index in [0.717, 1.165) is 5.56 Å². The monoisotopic (exact) mass is 457 g/mol. The van der Waals surface area contributed by atoms with Gasteiger partial charge in [-0.1, -0.05) is 23.7 Å². The molecule has 5 rings (SSSR count). The lowest BCUT2D eigenvalue weighted by Crippen LogP contribution is -2.31. The van der Waals surface area contributed by atoms with Crippen molar-refractivity contribution >= 4 is 39.1 Å². The lowest BCUT2D eigenvalue weighted by molar-refractivity contribution is 0.0950. The number of rotatable bonds is 5. The smallest absolute Gasteiger partial charge is 0.262 e. The highest BCUT2D eigenvalue weighted by Crippen LogP contribution is 2.29. The Morgan fingerprint density at radius 2 is 2.06 bits per heavy atom. The fourth-order valence-corrected chi connectivity index (χ4v) is 4.74. The van der Waals surface area contributed by atoms with Gasteiger partial charge in [-0.2, -0.15) is 4.80 Å². The van der Waals surface area contributed by atoms with Gasteiger partial charge in [0.2, 0.25) is 0 Å². The second-order valence-corrected chi connectivity index (χ2v) is 8.54. The summed E-state index contributed by atoms with van der Waals surface area (Å²) in [6, 6.07) is 6.85. The van der Waals surface area contributed by atoms with Gasteiger partial charge in [-0.3, -0.25) is 14.2 Å². The van der Waals surface area contributed by atoms with Crippen LogP contribution >= 0.6 is 22.9 Å². The number of aliphatic hydroxyl groups excluding tert-OH is 1. The minimum absolute atomic E-state index is 0.0790. The Morgan fingerprint density at radius 1 is 1.26 bits per heavy atom. The van der Waals surface area contributed by atoms with E-state index in [9.17, 15) is 14.7 Å². The SMILES string of the molecule is O=C1NCCc2c1sc1ncn(Cc3nnn(C[C@H](O)c4ccc(Cl)cc4)n3)c(=O)c21. The molecule has 4 heterocycles. The predicted octanol–water partition coefficient (Wildman–Crippen LogP) is 1.17. The molecule has 0 saturated heterocycles. The maximum absolute atomic E-state index is 13.0. The number of benzene rings is 1. The Bertz CT molecular complexity index is 1350. The molecule has 0 spiro atoms. The van der Waals surface area contributed by atoms with Crippen LogP contribution in [0.15, 0.2) is 35.4 Å². The molecule has 1 amide bonds. The summed E-state index contributed by atoms with van der Waals surface area (Å²) in [4.78, 5) is 31.8. The minimum atomic E-state index is -0.830. The summed E-state index contributed by atoms with van der Waals surface area (Å²) in [6.07, 6.45) is 1.19. The van der Waals surface area contributed by atoms with Gasteiger partial charge >= 0.3 is 0 Å². The van der Waals surface area contributed by atoms with Crippen molar-refractivity contribution in [3.8, 4) is 0 Å². The van der Waals surface area contributed by atoms with Crippen LogP contribution in [0.25, 0.3) is 10.2 Å². The number of thiophene rings is 1. The molecule has 1 atom stereocenters. The number of fused-ring (bicyclic) bond motifs is 3. The van der Waals surface area contributed by atoms with Crippen LogP contribution in [0.3, 0.4) is 0 Å². The molecule has 158 valence electrons. The minimum Gasteiger partial charge on any atom is -0.386 e. The Balaban J connectivity index is 1.38. The number of amides is 1. The fraction of sp³-hybridized carbons (Fsp3) is 0.263. The molecule has 1 aliphatic rings. The van der Waals surface area contributed by atoms with Crippen molar-refractivity contribution in [1.82, 2.24) is 35.1 Å². The first-order valence-corrected chi connectivity index (χ1v) is 10.7. The van der Waals surface area contributed by atoms with E-state index in [1.54, 1.807) is 24.3 Å². The summed E-state index contributed by atoms with van der Waals surface area (Å²) in [5.41, 5.74) is 1.19. The normalized spacial score (nSPS) is 14.5. The van der Waals surface area contributed by atoms with Gasteiger partial charge in [-0.05, 0) is 34.9 Å². The van der Waals surface area contributed by atoms with Gasteiger partial charge in [-0.15, -0.1) is 21.5 Å². The molecular formula is C19H16ClN7O3S. The van der Waals surface area contributed by atoms with Crippen LogP contribution in [0.2, 0.25) is 5.02 Å². The number of carbonyl (C=O) groups is 1. The summed E-state index contributed by atoms with van der Waals surface area (Å²) < 4.78 is 1.40. The van der Waals surface area contributed by atoms with Crippen LogP contribution in [0.4, 0.5) is 0 Å². The van der Waals surface area contributed by atoms with Gasteiger partial charge in [0.1, 0.15) is 10.9 Å². The Labute approximate surface area is 184 Å². The first-order valence-electron chi connectivity index (χ1n) is 9.49. The second kappa shape index (κ2) is 7.84. The molecule has 0 saturated carbocycles. The number of tetrazole rings is 1. The summed E-state index contributed by atoms with van der Waals surface area (Å²) in [6.45, 7) is 0.682. The van der Waals surface area contributed by atoms with Gasteiger partial charge < -0.3 is 10.4 Å². The van der Waals surface area contributed by atoms with Gasteiger partial charge in [0.05, 0.1) is 29.7 Å². The Hall–Kier alpha value is -3.15. The Morgan fingerprint density at radius 3 is 2.87 bits per heavy atom. The van der Waals surface area contributed by atoms with Crippen molar-refractivity contribution in [3.63, 3.8) is 0 Å². The van der Waals surface area contributed by atoms with E-state index in [0.29, 0.717) is 44.5 Å². The van der Waals surface area contributed by atoms with Gasteiger partial charge in [0.15, 0.2) is 5.82 Å². The van der Waals surface area contributed by atoms with Crippen LogP contribution in [0.1, 0.15) is 32.7 Å². The maximum Gasteiger partial charge on any atom is 0.262 e. The van der Waals surface area contributed by atoms with Crippen LogP contribution in [0, 0.1) is 0 Å². The van der Waals surface area contributed by atoms with Crippen molar-refractivity contribution in [3.05, 3.63) is 67.8 Å². The van der Waals surface area contributed by atoms with Crippen molar-refractivity contribution < 1.29 is 9.90 Å². The second-order valence-electron chi connectivity index (χ2n) is 7.10. The largest absolute Gasteiger partial charge is 0.386 e. The molecule has 1 aliphatic heterocycles. The highest BCUT2D eigenvalue weighted by atomic mass is 35.5. The molecule has 3 aromatic heterocycles. The first-order chi connectivity index (χ1) is 15.0. The van der Waals surface area contributed by atoms with E-state index in [-0.39, 0.29) is 24.6 Å². The van der Waals surface area contributed by atoms with E-state index in [1.165, 1.54) is 27.0 Å². The van der Waals surface area contributed by atoms with E-state index in [4.69, 9.17) is 11.6 Å². The molecule has 0 radical (unpaired) electrons. The molecule has 1 aromatic carbocycles. The summed E-state index contributed by atoms with van der Waals surface area (Å²) in [5.74, 6) is 0.146. The number of nitrogens with zero attached hydrogens (tertiary/aromatic N) is 6. The molecule has 4 aromatic rings. The standard InChI is InChI=1S/C19H16ClN7O3S/c20-11-3-1-10(2-4-11)13(28)7-27-24-14(23-25-27)8-26-9-22-18-15(19(26)30)12-5-6-21-17(29)16(12)31-18/h1-4,9,13,28H,5-8H2,(H,21,29)/t13-/m0/s1. The average molecular weight is 458 g/mol. The third-order valence-electron chi connectivity index (χ3n) is 5.04. The van der Waals surface area contributed by atoms with E-state index in [1.807, 2.05) is 0 Å². The maximum atomic E-state index is 13.0. The van der Waals surface area contributed by atoms with Crippen LogP contribution in [0.5, 0.6) is 0 Å². The number of carbonyl (C=O) groups excluding carboxylic acids is 1. The van der Waals surface area contributed by atoms with Crippen molar-refractivity contribution in [2.45, 2.75) is 25.6 Å². The van der Waals surface area contributed by atoms with Crippen molar-refractivity contribution in [2.24, 2.45) is 0 Å². The molecule has 0 bridgehead atoms. The molecule has 31 heavy (non-hydrogen) atoms. The predicted molar refractivity (Wildman–Crippen MR) is 113 cm³/mol. The van der Waals surface area contributed by atoms with Gasteiger partial charge in [0.25, 0.3) is 11.5 Å². The number of nitrogens with one attached hydrogen (secondary N) is 1. The van der Waals surface area contributed by atoms with Crippen LogP contribution < -0.4 is 10.9 Å². The number of halogens is 1. The zero-order valence-electron chi connectivity index (χ0n) is 16.0.